The van der Waals surface area contributed by atoms with Crippen LogP contribution in [0, 0.1) is 6.92 Å². The maximum absolute atomic E-state index is 6.46. The maximum Gasteiger partial charge on any atom is 0.198 e. The highest BCUT2D eigenvalue weighted by molar-refractivity contribution is 7.99. The lowest BCUT2D eigenvalue weighted by molar-refractivity contribution is 0.485. The van der Waals surface area contributed by atoms with Gasteiger partial charge in [-0.1, -0.05) is 47.5 Å². The van der Waals surface area contributed by atoms with Gasteiger partial charge in [-0.25, -0.2) is 0 Å². The monoisotopic (exact) mass is 467 g/mol. The number of fused-ring (bicyclic) bond motifs is 1. The summed E-state index contributed by atoms with van der Waals surface area (Å²) in [4.78, 5) is 0. The summed E-state index contributed by atoms with van der Waals surface area (Å²) in [5, 5.41) is 22.1. The Labute approximate surface area is 192 Å². The van der Waals surface area contributed by atoms with E-state index >= 15 is 0 Å². The van der Waals surface area contributed by atoms with E-state index in [1.54, 1.807) is 18.4 Å². The fraction of sp³-hybridized carbons (Fsp3) is 0.0909. The molecule has 3 heterocycles. The molecule has 0 amide bonds. The number of benzene rings is 2. The van der Waals surface area contributed by atoms with E-state index < -0.39 is 0 Å². The van der Waals surface area contributed by atoms with E-state index in [1.807, 2.05) is 54.0 Å². The summed E-state index contributed by atoms with van der Waals surface area (Å²) in [7, 11) is 0. The van der Waals surface area contributed by atoms with Gasteiger partial charge in [0.2, 0.25) is 0 Å². The number of aryl methyl sites for hydroxylation is 1. The van der Waals surface area contributed by atoms with E-state index in [0.717, 1.165) is 32.8 Å². The van der Waals surface area contributed by atoms with Crippen LogP contribution in [-0.4, -0.2) is 25.0 Å². The molecule has 0 aliphatic carbocycles. The zero-order valence-corrected chi connectivity index (χ0v) is 18.6. The minimum absolute atomic E-state index is 0.438. The highest BCUT2D eigenvalue weighted by Gasteiger charge is 2.20. The second-order valence-corrected chi connectivity index (χ2v) is 8.63. The van der Waals surface area contributed by atoms with E-state index in [4.69, 9.17) is 27.6 Å². The van der Waals surface area contributed by atoms with Crippen LogP contribution in [0.25, 0.3) is 22.2 Å². The van der Waals surface area contributed by atoms with Gasteiger partial charge in [0, 0.05) is 21.4 Å². The van der Waals surface area contributed by atoms with E-state index in [0.29, 0.717) is 27.6 Å². The van der Waals surface area contributed by atoms with Crippen molar-refractivity contribution in [3.63, 3.8) is 0 Å². The normalized spacial score (nSPS) is 11.3. The molecule has 0 atom stereocenters. The van der Waals surface area contributed by atoms with Crippen molar-refractivity contribution in [1.29, 1.82) is 0 Å². The van der Waals surface area contributed by atoms with Crippen molar-refractivity contribution in [3.05, 3.63) is 82.4 Å². The largest absolute Gasteiger partial charge is 0.467 e. The van der Waals surface area contributed by atoms with Crippen molar-refractivity contribution in [3.8, 4) is 11.4 Å². The fourth-order valence-corrected chi connectivity index (χ4v) is 4.69. The lowest BCUT2D eigenvalue weighted by Gasteiger charge is -2.11. The molecule has 0 N–H and O–H groups in total. The molecule has 5 aromatic rings. The van der Waals surface area contributed by atoms with E-state index in [-0.39, 0.29) is 0 Å². The van der Waals surface area contributed by atoms with Gasteiger partial charge < -0.3 is 4.42 Å². The highest BCUT2D eigenvalue weighted by atomic mass is 35.5. The Morgan fingerprint density at radius 2 is 1.77 bits per heavy atom. The number of furan rings is 1. The molecule has 0 fully saturated rings. The summed E-state index contributed by atoms with van der Waals surface area (Å²) >= 11 is 13.9. The summed E-state index contributed by atoms with van der Waals surface area (Å²) in [6.07, 6.45) is 1.64. The summed E-state index contributed by atoms with van der Waals surface area (Å²) in [6, 6.07) is 17.1. The standard InChI is InChI=1S/C22H15Cl2N5OS/c1-13-16-6-2-3-7-17(16)21(27-25-13)31-22-28-26-20(18-9-8-14(23)11-19(18)24)29(22)12-15-5-4-10-30-15/h2-11H,12H2,1H3. The Hall–Kier alpha value is -2.87. The second-order valence-electron chi connectivity index (χ2n) is 6.83. The van der Waals surface area contributed by atoms with Gasteiger partial charge in [0.15, 0.2) is 11.0 Å². The Morgan fingerprint density at radius 1 is 0.935 bits per heavy atom. The zero-order valence-electron chi connectivity index (χ0n) is 16.3. The first kappa shape index (κ1) is 20.1. The molecule has 0 saturated heterocycles. The van der Waals surface area contributed by atoms with E-state index in [2.05, 4.69) is 20.4 Å². The average molecular weight is 468 g/mol. The van der Waals surface area contributed by atoms with Gasteiger partial charge in [0.1, 0.15) is 10.8 Å². The number of halogens is 2. The summed E-state index contributed by atoms with van der Waals surface area (Å²) < 4.78 is 7.52. The van der Waals surface area contributed by atoms with Crippen molar-refractivity contribution in [1.82, 2.24) is 25.0 Å². The Balaban J connectivity index is 1.62. The first-order chi connectivity index (χ1) is 15.1. The number of nitrogens with zero attached hydrogens (tertiary/aromatic N) is 5. The third-order valence-corrected chi connectivity index (χ3v) is 6.34. The minimum atomic E-state index is 0.438. The summed E-state index contributed by atoms with van der Waals surface area (Å²) in [6.45, 7) is 2.39. The molecule has 0 saturated carbocycles. The molecule has 6 nitrogen and oxygen atoms in total. The molecule has 31 heavy (non-hydrogen) atoms. The molecule has 5 rings (SSSR count). The Morgan fingerprint density at radius 3 is 2.55 bits per heavy atom. The number of rotatable bonds is 5. The number of aromatic nitrogens is 5. The number of hydrogen-bond donors (Lipinski definition) is 0. The SMILES string of the molecule is Cc1nnc(Sc2nnc(-c3ccc(Cl)cc3Cl)n2Cc2ccco2)c2ccccc12. The molecular formula is C22H15Cl2N5OS. The van der Waals surface area contributed by atoms with Crippen molar-refractivity contribution in [2.75, 3.05) is 0 Å². The molecule has 0 aliphatic heterocycles. The van der Waals surface area contributed by atoms with Gasteiger partial charge in [-0.05, 0) is 49.0 Å². The highest BCUT2D eigenvalue weighted by Crippen LogP contribution is 2.35. The number of hydrogen-bond acceptors (Lipinski definition) is 6. The zero-order chi connectivity index (χ0) is 21.4. The van der Waals surface area contributed by atoms with Crippen LogP contribution in [0.5, 0.6) is 0 Å². The smallest absolute Gasteiger partial charge is 0.198 e. The van der Waals surface area contributed by atoms with Gasteiger partial charge in [-0.2, -0.15) is 5.10 Å². The van der Waals surface area contributed by atoms with Crippen LogP contribution in [0.4, 0.5) is 0 Å². The summed E-state index contributed by atoms with van der Waals surface area (Å²) in [5.74, 6) is 1.39. The van der Waals surface area contributed by atoms with Crippen molar-refractivity contribution in [2.45, 2.75) is 23.7 Å². The topological polar surface area (TPSA) is 69.6 Å². The first-order valence-corrected chi connectivity index (χ1v) is 11.0. The van der Waals surface area contributed by atoms with Gasteiger partial charge in [0.05, 0.1) is 23.5 Å². The maximum atomic E-state index is 6.46. The predicted octanol–water partition coefficient (Wildman–Crippen LogP) is 6.30. The van der Waals surface area contributed by atoms with Crippen LogP contribution < -0.4 is 0 Å². The lowest BCUT2D eigenvalue weighted by atomic mass is 10.1. The quantitative estimate of drug-likeness (QED) is 0.302. The van der Waals surface area contributed by atoms with Gasteiger partial charge >= 0.3 is 0 Å². The minimum Gasteiger partial charge on any atom is -0.467 e. The van der Waals surface area contributed by atoms with Gasteiger partial charge in [-0.15, -0.1) is 15.3 Å². The third-order valence-electron chi connectivity index (χ3n) is 4.81. The molecule has 0 bridgehead atoms. The second kappa shape index (κ2) is 8.34. The Bertz CT molecular complexity index is 1380. The first-order valence-electron chi connectivity index (χ1n) is 9.41. The molecule has 2 aromatic carbocycles. The average Bonchev–Trinajstić information content (AvgIpc) is 3.41. The van der Waals surface area contributed by atoms with E-state index in [9.17, 15) is 0 Å². The molecule has 0 spiro atoms. The lowest BCUT2D eigenvalue weighted by Crippen LogP contribution is -2.04. The van der Waals surface area contributed by atoms with Crippen LogP contribution >= 0.6 is 35.0 Å². The van der Waals surface area contributed by atoms with E-state index in [1.165, 1.54) is 11.8 Å². The molecule has 0 unspecified atom stereocenters. The van der Waals surface area contributed by atoms with Crippen LogP contribution in [0.3, 0.4) is 0 Å². The van der Waals surface area contributed by atoms with Crippen LogP contribution in [-0.2, 0) is 6.54 Å². The predicted molar refractivity (Wildman–Crippen MR) is 122 cm³/mol. The molecule has 3 aromatic heterocycles. The van der Waals surface area contributed by atoms with Crippen LogP contribution in [0.2, 0.25) is 10.0 Å². The molecule has 0 aliphatic rings. The Kier molecular flexibility index (Phi) is 5.40. The van der Waals surface area contributed by atoms with Crippen molar-refractivity contribution >= 4 is 45.7 Å². The van der Waals surface area contributed by atoms with Gasteiger partial charge in [-0.3, -0.25) is 4.57 Å². The van der Waals surface area contributed by atoms with Crippen molar-refractivity contribution < 1.29 is 4.42 Å². The van der Waals surface area contributed by atoms with Crippen LogP contribution in [0.1, 0.15) is 11.5 Å². The van der Waals surface area contributed by atoms with Crippen LogP contribution in [0.15, 0.2) is 75.5 Å². The summed E-state index contributed by atoms with van der Waals surface area (Å²) in [5.41, 5.74) is 1.61. The fourth-order valence-electron chi connectivity index (χ4n) is 3.31. The van der Waals surface area contributed by atoms with Crippen molar-refractivity contribution in [2.24, 2.45) is 0 Å². The third kappa shape index (κ3) is 3.92. The molecule has 9 heteroatoms. The van der Waals surface area contributed by atoms with Gasteiger partial charge in [0.25, 0.3) is 0 Å². The molecule has 154 valence electrons. The molecular weight excluding hydrogens is 453 g/mol. The molecule has 0 radical (unpaired) electrons.